The van der Waals surface area contributed by atoms with Crippen LogP contribution in [-0.2, 0) is 14.3 Å². The highest BCUT2D eigenvalue weighted by molar-refractivity contribution is 6.31. The van der Waals surface area contributed by atoms with Crippen LogP contribution in [0.25, 0.3) is 0 Å². The zero-order chi connectivity index (χ0) is 22.2. The number of nitrogens with zero attached hydrogens (tertiary/aromatic N) is 2. The lowest BCUT2D eigenvalue weighted by atomic mass is 10.2. The second kappa shape index (κ2) is 10.6. The fraction of sp³-hybridized carbons (Fsp3) is 0.421. The van der Waals surface area contributed by atoms with E-state index in [0.29, 0.717) is 0 Å². The van der Waals surface area contributed by atoms with Gasteiger partial charge in [0.1, 0.15) is 29.0 Å². The molecule has 3 N–H and O–H groups in total. The summed E-state index contributed by atoms with van der Waals surface area (Å²) < 4.78 is 5.11. The number of aliphatic imine (C=N–C) groups is 1. The van der Waals surface area contributed by atoms with Crippen molar-refractivity contribution >= 4 is 47.4 Å². The van der Waals surface area contributed by atoms with Gasteiger partial charge in [0.2, 0.25) is 5.91 Å². The molecule has 0 saturated heterocycles. The van der Waals surface area contributed by atoms with E-state index in [1.807, 2.05) is 0 Å². The summed E-state index contributed by atoms with van der Waals surface area (Å²) in [6.07, 6.45) is 2.32. The summed E-state index contributed by atoms with van der Waals surface area (Å²) in [5, 5.41) is 7.77. The van der Waals surface area contributed by atoms with Crippen molar-refractivity contribution in [3.05, 3.63) is 28.9 Å². The average Bonchev–Trinajstić information content (AvgIpc) is 2.56. The lowest BCUT2D eigenvalue weighted by molar-refractivity contribution is -0.117. The molecule has 1 aromatic rings. The molecule has 0 aliphatic heterocycles. The first-order valence-corrected chi connectivity index (χ1v) is 9.27. The van der Waals surface area contributed by atoms with E-state index in [1.54, 1.807) is 40.7 Å². The highest BCUT2D eigenvalue weighted by Gasteiger charge is 2.21. The largest absolute Gasteiger partial charge is 0.444 e. The predicted octanol–water partition coefficient (Wildman–Crippen LogP) is 3.52. The summed E-state index contributed by atoms with van der Waals surface area (Å²) in [6.45, 7) is 10.0. The number of carbonyl (C=O) groups is 3. The fourth-order valence-corrected chi connectivity index (χ4v) is 2.20. The van der Waals surface area contributed by atoms with Crippen LogP contribution in [0, 0.1) is 0 Å². The minimum atomic E-state index is -0.891. The first kappa shape index (κ1) is 24.1. The highest BCUT2D eigenvalue weighted by Crippen LogP contribution is 2.19. The predicted molar refractivity (Wildman–Crippen MR) is 113 cm³/mol. The van der Waals surface area contributed by atoms with Crippen LogP contribution < -0.4 is 16.0 Å². The molecule has 10 heteroatoms. The Morgan fingerprint density at radius 2 is 1.76 bits per heavy atom. The number of aromatic nitrogens is 1. The second-order valence-electron chi connectivity index (χ2n) is 6.93. The third-order valence-corrected chi connectivity index (χ3v) is 3.40. The monoisotopic (exact) mass is 423 g/mol. The molecule has 9 nitrogen and oxygen atoms in total. The number of allylic oxidation sites excluding steroid dienone is 1. The molecule has 1 atom stereocenters. The van der Waals surface area contributed by atoms with E-state index in [2.05, 4.69) is 25.9 Å². The molecule has 1 aromatic heterocycles. The first-order valence-electron chi connectivity index (χ1n) is 8.89. The number of rotatable bonds is 6. The van der Waals surface area contributed by atoms with Crippen molar-refractivity contribution in [3.63, 3.8) is 0 Å². The average molecular weight is 424 g/mol. The number of alkyl carbamates (subject to hydrolysis) is 1. The summed E-state index contributed by atoms with van der Waals surface area (Å²) in [4.78, 5) is 44.4. The topological polar surface area (TPSA) is 122 Å². The van der Waals surface area contributed by atoms with Crippen molar-refractivity contribution in [3.8, 4) is 0 Å². The lowest BCUT2D eigenvalue weighted by Crippen LogP contribution is -2.44. The number of amides is 3. The Balaban J connectivity index is 2.83. The number of halogens is 1. The Labute approximate surface area is 175 Å². The van der Waals surface area contributed by atoms with Gasteiger partial charge in [-0.05, 0) is 53.7 Å². The van der Waals surface area contributed by atoms with Crippen LogP contribution in [0.5, 0.6) is 0 Å². The zero-order valence-corrected chi connectivity index (χ0v) is 18.0. The molecule has 0 radical (unpaired) electrons. The first-order chi connectivity index (χ1) is 13.4. The lowest BCUT2D eigenvalue weighted by Gasteiger charge is -2.21. The Morgan fingerprint density at radius 3 is 2.28 bits per heavy atom. The maximum absolute atomic E-state index is 12.3. The molecular formula is C19H26ClN5O4. The van der Waals surface area contributed by atoms with Gasteiger partial charge in [0.15, 0.2) is 0 Å². The number of anilines is 2. The molecule has 0 aliphatic rings. The zero-order valence-electron chi connectivity index (χ0n) is 17.3. The van der Waals surface area contributed by atoms with Crippen LogP contribution >= 0.6 is 11.6 Å². The molecule has 1 unspecified atom stereocenters. The van der Waals surface area contributed by atoms with E-state index in [1.165, 1.54) is 25.3 Å². The quantitative estimate of drug-likeness (QED) is 0.477. The number of pyridine rings is 1. The Kier molecular flexibility index (Phi) is 8.78. The van der Waals surface area contributed by atoms with Crippen LogP contribution in [0.4, 0.5) is 16.4 Å². The highest BCUT2D eigenvalue weighted by atomic mass is 35.5. The smallest absolute Gasteiger partial charge is 0.408 e. The normalized spacial score (nSPS) is 13.0. The third-order valence-electron chi connectivity index (χ3n) is 3.18. The van der Waals surface area contributed by atoms with Crippen LogP contribution in [-0.4, -0.2) is 40.7 Å². The molecule has 158 valence electrons. The maximum Gasteiger partial charge on any atom is 0.408 e. The van der Waals surface area contributed by atoms with Gasteiger partial charge in [0.05, 0.1) is 0 Å². The van der Waals surface area contributed by atoms with Gasteiger partial charge in [-0.1, -0.05) is 17.7 Å². The summed E-state index contributed by atoms with van der Waals surface area (Å²) in [6, 6.07) is 1.95. The Hall–Kier alpha value is -2.94. The van der Waals surface area contributed by atoms with Crippen molar-refractivity contribution in [1.82, 2.24) is 10.3 Å². The van der Waals surface area contributed by atoms with Gasteiger partial charge < -0.3 is 20.7 Å². The minimum absolute atomic E-state index is 0.108. The summed E-state index contributed by atoms with van der Waals surface area (Å²) in [5.41, 5.74) is -0.481. The van der Waals surface area contributed by atoms with Crippen molar-refractivity contribution in [2.75, 3.05) is 10.6 Å². The molecule has 1 rings (SSSR count). The van der Waals surface area contributed by atoms with Gasteiger partial charge in [-0.25, -0.2) is 9.78 Å². The van der Waals surface area contributed by atoms with E-state index in [0.717, 1.165) is 0 Å². The standard InChI is InChI=1S/C19H26ClN5O4/c1-7-13(21-8-2)17(27)25-15-10-12(20)9-14(23-15)24-16(26)11(3)22-18(28)29-19(4,5)6/h7-11H,1-6H3,(H,22,28)(H2,23,24,25,26,27). The summed E-state index contributed by atoms with van der Waals surface area (Å²) >= 11 is 6.05. The summed E-state index contributed by atoms with van der Waals surface area (Å²) in [5.74, 6) is -0.766. The molecule has 29 heavy (non-hydrogen) atoms. The van der Waals surface area contributed by atoms with Gasteiger partial charge in [0.25, 0.3) is 5.91 Å². The van der Waals surface area contributed by atoms with Crippen molar-refractivity contribution < 1.29 is 19.1 Å². The number of ether oxygens (including phenoxy) is 1. The summed E-state index contributed by atoms with van der Waals surface area (Å²) in [7, 11) is 0. The SMILES string of the molecule is CC=NC(=CC)C(=O)Nc1cc(Cl)cc(NC(=O)C(C)NC(=O)OC(C)(C)C)n1. The molecule has 0 saturated carbocycles. The van der Waals surface area contributed by atoms with Crippen molar-refractivity contribution in [2.45, 2.75) is 53.2 Å². The fourth-order valence-electron chi connectivity index (χ4n) is 1.99. The Morgan fingerprint density at radius 1 is 1.17 bits per heavy atom. The van der Waals surface area contributed by atoms with Gasteiger partial charge in [-0.2, -0.15) is 0 Å². The van der Waals surface area contributed by atoms with Gasteiger partial charge in [-0.15, -0.1) is 0 Å². The molecular weight excluding hydrogens is 398 g/mol. The number of hydrogen-bond donors (Lipinski definition) is 3. The van der Waals surface area contributed by atoms with Gasteiger partial charge >= 0.3 is 6.09 Å². The molecule has 1 heterocycles. The van der Waals surface area contributed by atoms with Crippen molar-refractivity contribution in [1.29, 1.82) is 0 Å². The van der Waals surface area contributed by atoms with E-state index in [4.69, 9.17) is 16.3 Å². The molecule has 0 aromatic carbocycles. The van der Waals surface area contributed by atoms with Crippen LogP contribution in [0.1, 0.15) is 41.5 Å². The number of carbonyl (C=O) groups excluding carboxylic acids is 3. The molecule has 3 amide bonds. The van der Waals surface area contributed by atoms with E-state index >= 15 is 0 Å². The van der Waals surface area contributed by atoms with E-state index < -0.39 is 29.6 Å². The van der Waals surface area contributed by atoms with Crippen LogP contribution in [0.15, 0.2) is 28.9 Å². The Bertz CT molecular complexity index is 830. The van der Waals surface area contributed by atoms with Crippen LogP contribution in [0.3, 0.4) is 0 Å². The van der Waals surface area contributed by atoms with Crippen molar-refractivity contribution in [2.24, 2.45) is 4.99 Å². The number of hydrogen-bond acceptors (Lipinski definition) is 6. The van der Waals surface area contributed by atoms with E-state index in [-0.39, 0.29) is 22.4 Å². The molecule has 0 fully saturated rings. The third kappa shape index (κ3) is 8.73. The minimum Gasteiger partial charge on any atom is -0.444 e. The van der Waals surface area contributed by atoms with Gasteiger partial charge in [0, 0.05) is 11.2 Å². The molecule has 0 aliphatic carbocycles. The van der Waals surface area contributed by atoms with E-state index in [9.17, 15) is 14.4 Å². The van der Waals surface area contributed by atoms with Gasteiger partial charge in [-0.3, -0.25) is 14.6 Å². The maximum atomic E-state index is 12.3. The second-order valence-corrected chi connectivity index (χ2v) is 7.36. The molecule has 0 bridgehead atoms. The van der Waals surface area contributed by atoms with Crippen LogP contribution in [0.2, 0.25) is 5.02 Å². The molecule has 0 spiro atoms. The number of nitrogens with one attached hydrogen (secondary N) is 3.